The maximum atomic E-state index is 14.3. The number of aryl methyl sites for hydroxylation is 1. The lowest BCUT2D eigenvalue weighted by Crippen LogP contribution is -2.53. The largest absolute Gasteiger partial charge is 0.453 e. The van der Waals surface area contributed by atoms with Crippen molar-refractivity contribution in [3.63, 3.8) is 0 Å². The summed E-state index contributed by atoms with van der Waals surface area (Å²) < 4.78 is 34.1. The summed E-state index contributed by atoms with van der Waals surface area (Å²) in [5.74, 6) is -0.854. The first-order valence-corrected chi connectivity index (χ1v) is 14.3. The fourth-order valence-electron chi connectivity index (χ4n) is 5.22. The smallest absolute Gasteiger partial charge is 0.407 e. The van der Waals surface area contributed by atoms with Gasteiger partial charge in [0.25, 0.3) is 0 Å². The van der Waals surface area contributed by atoms with E-state index in [4.69, 9.17) is 4.98 Å². The molecule has 11 nitrogen and oxygen atoms in total. The van der Waals surface area contributed by atoms with Gasteiger partial charge < -0.3 is 30.9 Å². The number of benzene rings is 1. The second-order valence-corrected chi connectivity index (χ2v) is 11.6. The van der Waals surface area contributed by atoms with Gasteiger partial charge in [-0.25, -0.2) is 23.5 Å². The number of ether oxygens (including phenoxy) is 1. The first kappa shape index (κ1) is 28.1. The van der Waals surface area contributed by atoms with Crippen LogP contribution in [0.4, 0.5) is 25.3 Å². The summed E-state index contributed by atoms with van der Waals surface area (Å²) in [6, 6.07) is 4.72. The van der Waals surface area contributed by atoms with Gasteiger partial charge in [0.05, 0.1) is 34.8 Å². The highest BCUT2D eigenvalue weighted by atomic mass is 32.1. The molecule has 0 radical (unpaired) electrons. The lowest BCUT2D eigenvalue weighted by molar-refractivity contribution is -0.0395. The van der Waals surface area contributed by atoms with Gasteiger partial charge in [-0.2, -0.15) is 4.98 Å². The number of thiazole rings is 1. The van der Waals surface area contributed by atoms with Crippen molar-refractivity contribution in [1.29, 1.82) is 0 Å². The number of hydrogen-bond donors (Lipinski definition) is 5. The second kappa shape index (κ2) is 11.0. The van der Waals surface area contributed by atoms with Crippen LogP contribution < -0.4 is 16.0 Å². The molecule has 2 fully saturated rings. The molecule has 1 amide bonds. The van der Waals surface area contributed by atoms with Crippen LogP contribution in [0.15, 0.2) is 30.5 Å². The van der Waals surface area contributed by atoms with E-state index in [2.05, 4.69) is 35.6 Å². The van der Waals surface area contributed by atoms with Gasteiger partial charge in [0.15, 0.2) is 5.72 Å². The number of fused-ring (bicyclic) bond motifs is 1. The zero-order valence-corrected chi connectivity index (χ0v) is 23.6. The average molecular weight is 598 g/mol. The highest BCUT2D eigenvalue weighted by Gasteiger charge is 2.48. The zero-order chi connectivity index (χ0) is 29.6. The number of hydrogen-bond acceptors (Lipinski definition) is 11. The Balaban J connectivity index is 1.38. The number of aromatic nitrogens is 4. The summed E-state index contributed by atoms with van der Waals surface area (Å²) in [6.07, 6.45) is 2.07. The number of pyridine rings is 1. The summed E-state index contributed by atoms with van der Waals surface area (Å²) in [6.45, 7) is 1.51. The third-order valence-corrected chi connectivity index (χ3v) is 8.66. The summed E-state index contributed by atoms with van der Waals surface area (Å²) in [5.41, 5.74) is 0.646. The molecule has 6 rings (SSSR count). The van der Waals surface area contributed by atoms with Crippen LogP contribution in [0.2, 0.25) is 0 Å². The van der Waals surface area contributed by atoms with Crippen molar-refractivity contribution < 1.29 is 28.5 Å². The molecule has 3 aromatic heterocycles. The van der Waals surface area contributed by atoms with Crippen LogP contribution >= 0.6 is 11.3 Å². The van der Waals surface area contributed by atoms with Crippen LogP contribution in [0.1, 0.15) is 48.6 Å². The molecule has 5 N–H and O–H groups in total. The monoisotopic (exact) mass is 597 g/mol. The van der Waals surface area contributed by atoms with Gasteiger partial charge in [0.2, 0.25) is 5.95 Å². The molecule has 0 saturated heterocycles. The van der Waals surface area contributed by atoms with Crippen molar-refractivity contribution in [2.75, 3.05) is 17.7 Å². The number of methoxy groups -OCH3 is 1. The Morgan fingerprint density at radius 3 is 2.64 bits per heavy atom. The minimum atomic E-state index is -1.88. The fraction of sp³-hybridized carbons (Fsp3) is 0.393. The van der Waals surface area contributed by atoms with Gasteiger partial charge >= 0.3 is 6.09 Å². The maximum Gasteiger partial charge on any atom is 0.407 e. The maximum absolute atomic E-state index is 14.3. The first-order valence-electron chi connectivity index (χ1n) is 13.5. The molecule has 2 saturated carbocycles. The van der Waals surface area contributed by atoms with Gasteiger partial charge in [-0.05, 0) is 50.8 Å². The number of halogens is 2. The van der Waals surface area contributed by atoms with E-state index in [1.54, 1.807) is 13.1 Å². The van der Waals surface area contributed by atoms with Gasteiger partial charge in [0.1, 0.15) is 34.1 Å². The predicted octanol–water partition coefficient (Wildman–Crippen LogP) is 4.20. The standard InChI is InChI=1S/C28H29F2N7O4S/c1-13-20(25-35-22-19(42-25)9-11-31-21(22)14-6-7-14)24(37-28(40)10-8-18(23(28)38)34-27(39)41-2)36-26(33-13)32-12-15-16(29)4-3-5-17(15)30/h3-5,9,11,14,18,23,38,40H,6-8,10,12H2,1-2H3,(H,34,39)(H2,32,33,36,37). The van der Waals surface area contributed by atoms with E-state index in [1.807, 2.05) is 6.07 Å². The Labute approximate surface area is 243 Å². The molecule has 4 aromatic rings. The number of nitrogens with zero attached hydrogens (tertiary/aromatic N) is 4. The van der Waals surface area contributed by atoms with Gasteiger partial charge in [-0.15, -0.1) is 11.3 Å². The SMILES string of the molecule is COC(=O)NC1CCC(O)(Nc2nc(NCc3c(F)cccc3F)nc(C)c2-c2nc3c(C4CC4)nccc3s2)C1O. The normalized spacial score (nSPS) is 21.9. The van der Waals surface area contributed by atoms with E-state index >= 15 is 0 Å². The fourth-order valence-corrected chi connectivity index (χ4v) is 6.29. The van der Waals surface area contributed by atoms with E-state index in [-0.39, 0.29) is 36.7 Å². The second-order valence-electron chi connectivity index (χ2n) is 10.5. The molecule has 3 unspecified atom stereocenters. The summed E-state index contributed by atoms with van der Waals surface area (Å²) in [5, 5.41) is 31.5. The minimum absolute atomic E-state index is 0.0446. The molecule has 2 aliphatic rings. The number of amides is 1. The Morgan fingerprint density at radius 2 is 1.93 bits per heavy atom. The molecule has 0 aliphatic heterocycles. The van der Waals surface area contributed by atoms with Crippen LogP contribution in [-0.2, 0) is 11.3 Å². The van der Waals surface area contributed by atoms with Crippen molar-refractivity contribution in [3.8, 4) is 10.6 Å². The van der Waals surface area contributed by atoms with Crippen LogP contribution in [0, 0.1) is 18.6 Å². The molecule has 220 valence electrons. The van der Waals surface area contributed by atoms with E-state index in [9.17, 15) is 23.8 Å². The lowest BCUT2D eigenvalue weighted by Gasteiger charge is -2.31. The average Bonchev–Trinajstić information content (AvgIpc) is 3.66. The van der Waals surface area contributed by atoms with Crippen molar-refractivity contribution >= 4 is 39.4 Å². The number of alkyl carbamates (subject to hydrolysis) is 1. The Morgan fingerprint density at radius 1 is 1.17 bits per heavy atom. The van der Waals surface area contributed by atoms with Gasteiger partial charge in [-0.1, -0.05) is 6.07 Å². The van der Waals surface area contributed by atoms with E-state index in [1.165, 1.54) is 24.5 Å². The Bertz CT molecular complexity index is 1650. The van der Waals surface area contributed by atoms with Crippen LogP contribution in [0.5, 0.6) is 0 Å². The highest BCUT2D eigenvalue weighted by molar-refractivity contribution is 7.21. The predicted molar refractivity (Wildman–Crippen MR) is 152 cm³/mol. The number of rotatable bonds is 8. The highest BCUT2D eigenvalue weighted by Crippen LogP contribution is 2.45. The quantitative estimate of drug-likeness (QED) is 0.187. The Kier molecular flexibility index (Phi) is 7.37. The van der Waals surface area contributed by atoms with Crippen LogP contribution in [0.3, 0.4) is 0 Å². The molecule has 3 heterocycles. The molecule has 3 atom stereocenters. The van der Waals surface area contributed by atoms with E-state index in [0.29, 0.717) is 22.2 Å². The first-order chi connectivity index (χ1) is 20.2. The van der Waals surface area contributed by atoms with Gasteiger partial charge in [-0.3, -0.25) is 4.98 Å². The number of carbonyl (C=O) groups is 1. The topological polar surface area (TPSA) is 154 Å². The molecular formula is C28H29F2N7O4S. The lowest BCUT2D eigenvalue weighted by atomic mass is 10.1. The number of anilines is 2. The molecule has 0 bridgehead atoms. The minimum Gasteiger partial charge on any atom is -0.453 e. The van der Waals surface area contributed by atoms with Crippen molar-refractivity contribution in [2.24, 2.45) is 0 Å². The number of nitrogens with one attached hydrogen (secondary N) is 3. The number of aliphatic hydroxyl groups is 2. The van der Waals surface area contributed by atoms with Crippen LogP contribution in [-0.4, -0.2) is 61.2 Å². The third kappa shape index (κ3) is 5.32. The third-order valence-electron chi connectivity index (χ3n) is 7.62. The summed E-state index contributed by atoms with van der Waals surface area (Å²) >= 11 is 1.42. The summed E-state index contributed by atoms with van der Waals surface area (Å²) in [4.78, 5) is 30.3. The molecule has 14 heteroatoms. The van der Waals surface area contributed by atoms with Gasteiger partial charge in [0, 0.05) is 24.2 Å². The number of carbonyl (C=O) groups excluding carboxylic acids is 1. The van der Waals surface area contributed by atoms with E-state index in [0.717, 1.165) is 40.9 Å². The van der Waals surface area contributed by atoms with Crippen molar-refractivity contribution in [3.05, 3.63) is 59.0 Å². The summed E-state index contributed by atoms with van der Waals surface area (Å²) in [7, 11) is 1.21. The molecular weight excluding hydrogens is 568 g/mol. The molecule has 42 heavy (non-hydrogen) atoms. The van der Waals surface area contributed by atoms with E-state index < -0.39 is 35.6 Å². The van der Waals surface area contributed by atoms with Crippen LogP contribution in [0.25, 0.3) is 20.8 Å². The molecule has 1 aromatic carbocycles. The number of aliphatic hydroxyl groups excluding tert-OH is 1. The zero-order valence-electron chi connectivity index (χ0n) is 22.8. The molecule has 0 spiro atoms. The Hall–Kier alpha value is -4.01. The molecule has 2 aliphatic carbocycles. The van der Waals surface area contributed by atoms with Crippen molar-refractivity contribution in [1.82, 2.24) is 25.3 Å². The van der Waals surface area contributed by atoms with Crippen molar-refractivity contribution in [2.45, 2.75) is 62.9 Å².